The maximum atomic E-state index is 12.1. The number of carbonyl (C=O) groups excluding carboxylic acids is 1. The molecule has 1 amide bonds. The molecule has 2 unspecified atom stereocenters. The fraction of sp³-hybridized carbons (Fsp3) is 0.583. The molecule has 1 aliphatic heterocycles. The van der Waals surface area contributed by atoms with Gasteiger partial charge in [0.2, 0.25) is 10.0 Å². The highest BCUT2D eigenvalue weighted by Gasteiger charge is 2.26. The summed E-state index contributed by atoms with van der Waals surface area (Å²) in [6.45, 7) is 4.39. The molecule has 8 heteroatoms. The van der Waals surface area contributed by atoms with Gasteiger partial charge in [-0.3, -0.25) is 4.79 Å². The van der Waals surface area contributed by atoms with Gasteiger partial charge in [-0.25, -0.2) is 13.6 Å². The molecule has 0 spiro atoms. The molecule has 2 heterocycles. The highest BCUT2D eigenvalue weighted by Crippen LogP contribution is 2.19. The molecule has 1 aromatic rings. The second-order valence-corrected chi connectivity index (χ2v) is 6.57. The van der Waals surface area contributed by atoms with Crippen molar-refractivity contribution in [2.45, 2.75) is 43.7 Å². The number of amides is 1. The molecule has 1 saturated heterocycles. The number of piperidine rings is 1. The number of aryl methyl sites for hydroxylation is 1. The zero-order valence-corrected chi connectivity index (χ0v) is 12.3. The van der Waals surface area contributed by atoms with E-state index in [1.54, 1.807) is 0 Å². The molecule has 20 heavy (non-hydrogen) atoms. The number of rotatable bonds is 3. The Balaban J connectivity index is 2.14. The van der Waals surface area contributed by atoms with Gasteiger partial charge in [0, 0.05) is 18.2 Å². The van der Waals surface area contributed by atoms with Crippen LogP contribution < -0.4 is 15.8 Å². The number of hydrogen-bond acceptors (Lipinski definition) is 5. The van der Waals surface area contributed by atoms with Crippen LogP contribution in [-0.4, -0.2) is 33.0 Å². The molecule has 0 bridgehead atoms. The normalized spacial score (nSPS) is 23.6. The summed E-state index contributed by atoms with van der Waals surface area (Å²) < 4.78 is 27.8. The van der Waals surface area contributed by atoms with Crippen molar-refractivity contribution in [3.05, 3.63) is 17.6 Å². The molecule has 112 valence electrons. The molecular weight excluding hydrogens is 282 g/mol. The lowest BCUT2D eigenvalue weighted by molar-refractivity contribution is 0.0890. The Morgan fingerprint density at radius 1 is 1.55 bits per heavy atom. The monoisotopic (exact) mass is 301 g/mol. The summed E-state index contributed by atoms with van der Waals surface area (Å²) in [6.07, 6.45) is 1.86. The van der Waals surface area contributed by atoms with Gasteiger partial charge in [-0.15, -0.1) is 0 Å². The number of furan rings is 1. The number of sulfonamides is 1. The minimum atomic E-state index is -3.88. The van der Waals surface area contributed by atoms with E-state index in [1.807, 2.05) is 6.92 Å². The predicted molar refractivity (Wildman–Crippen MR) is 72.8 cm³/mol. The fourth-order valence-electron chi connectivity index (χ4n) is 2.34. The lowest BCUT2D eigenvalue weighted by Crippen LogP contribution is -2.51. The van der Waals surface area contributed by atoms with Gasteiger partial charge < -0.3 is 15.1 Å². The quantitative estimate of drug-likeness (QED) is 0.733. The summed E-state index contributed by atoms with van der Waals surface area (Å²) >= 11 is 0. The molecule has 1 aliphatic rings. The molecule has 1 fully saturated rings. The topological polar surface area (TPSA) is 114 Å². The number of primary sulfonamides is 1. The molecule has 2 rings (SSSR count). The molecular formula is C12H19N3O4S. The van der Waals surface area contributed by atoms with Crippen molar-refractivity contribution >= 4 is 15.9 Å². The molecule has 1 aromatic heterocycles. The van der Waals surface area contributed by atoms with Crippen LogP contribution in [0.1, 0.15) is 36.1 Å². The Morgan fingerprint density at radius 3 is 2.80 bits per heavy atom. The van der Waals surface area contributed by atoms with Gasteiger partial charge in [0.1, 0.15) is 10.7 Å². The van der Waals surface area contributed by atoms with Crippen LogP contribution in [-0.2, 0) is 10.0 Å². The van der Waals surface area contributed by atoms with Crippen molar-refractivity contribution in [3.63, 3.8) is 0 Å². The van der Waals surface area contributed by atoms with E-state index in [0.717, 1.165) is 19.4 Å². The van der Waals surface area contributed by atoms with Crippen LogP contribution in [0.5, 0.6) is 0 Å². The summed E-state index contributed by atoms with van der Waals surface area (Å²) in [5, 5.41) is 11.2. The Labute approximate surface area is 118 Å². The number of nitrogens with two attached hydrogens (primary N) is 1. The lowest BCUT2D eigenvalue weighted by Gasteiger charge is -2.30. The van der Waals surface area contributed by atoms with Crippen LogP contribution in [0.3, 0.4) is 0 Å². The van der Waals surface area contributed by atoms with Crippen molar-refractivity contribution in [1.82, 2.24) is 10.6 Å². The molecule has 0 radical (unpaired) electrons. The molecule has 0 aliphatic carbocycles. The molecule has 0 aromatic carbocycles. The first kappa shape index (κ1) is 15.0. The average molecular weight is 301 g/mol. The highest BCUT2D eigenvalue weighted by atomic mass is 32.2. The fourth-order valence-corrected chi connectivity index (χ4v) is 3.05. The number of hydrogen-bond donors (Lipinski definition) is 3. The largest absolute Gasteiger partial charge is 0.455 e. The van der Waals surface area contributed by atoms with Crippen LogP contribution in [0.4, 0.5) is 0 Å². The number of carbonyl (C=O) groups is 1. The zero-order valence-electron chi connectivity index (χ0n) is 11.5. The molecule has 4 N–H and O–H groups in total. The third-order valence-electron chi connectivity index (χ3n) is 3.48. The molecule has 2 atom stereocenters. The van der Waals surface area contributed by atoms with Gasteiger partial charge in [-0.1, -0.05) is 0 Å². The maximum absolute atomic E-state index is 12.1. The Morgan fingerprint density at radius 2 is 2.25 bits per heavy atom. The van der Waals surface area contributed by atoms with Gasteiger partial charge in [0.15, 0.2) is 5.76 Å². The maximum Gasteiger partial charge on any atom is 0.287 e. The van der Waals surface area contributed by atoms with Crippen LogP contribution in [0.2, 0.25) is 0 Å². The van der Waals surface area contributed by atoms with Gasteiger partial charge in [0.05, 0.1) is 0 Å². The van der Waals surface area contributed by atoms with Gasteiger partial charge >= 0.3 is 0 Å². The summed E-state index contributed by atoms with van der Waals surface area (Å²) in [4.78, 5) is 11.9. The van der Waals surface area contributed by atoms with Crippen LogP contribution >= 0.6 is 0 Å². The van der Waals surface area contributed by atoms with Gasteiger partial charge in [-0.2, -0.15) is 0 Å². The van der Waals surface area contributed by atoms with E-state index in [9.17, 15) is 13.2 Å². The first-order valence-corrected chi connectivity index (χ1v) is 8.01. The van der Waals surface area contributed by atoms with Crippen LogP contribution in [0.15, 0.2) is 15.4 Å². The summed E-state index contributed by atoms with van der Waals surface area (Å²) in [7, 11) is -3.88. The SMILES string of the molecule is Cc1oc(C(=O)NC2CCCNC2C)cc1S(N)(=O)=O. The standard InChI is InChI=1S/C12H19N3O4S/c1-7-9(4-3-5-14-7)15-12(16)10-6-11(8(2)19-10)20(13,17)18/h6-7,9,14H,3-5H2,1-2H3,(H,15,16)(H2,13,17,18). The summed E-state index contributed by atoms with van der Waals surface area (Å²) in [6, 6.07) is 1.34. The van der Waals surface area contributed by atoms with Crippen molar-refractivity contribution in [2.24, 2.45) is 5.14 Å². The summed E-state index contributed by atoms with van der Waals surface area (Å²) in [5.41, 5.74) is 0. The van der Waals surface area contributed by atoms with Crippen LogP contribution in [0.25, 0.3) is 0 Å². The van der Waals surface area contributed by atoms with E-state index in [2.05, 4.69) is 10.6 Å². The molecule has 0 saturated carbocycles. The Bertz CT molecular complexity index is 608. The minimum absolute atomic E-state index is 0.000380. The van der Waals surface area contributed by atoms with E-state index >= 15 is 0 Å². The second kappa shape index (κ2) is 5.55. The van der Waals surface area contributed by atoms with E-state index in [4.69, 9.17) is 9.56 Å². The van der Waals surface area contributed by atoms with Gasteiger partial charge in [-0.05, 0) is 33.2 Å². The third kappa shape index (κ3) is 3.20. The highest BCUT2D eigenvalue weighted by molar-refractivity contribution is 7.89. The molecule has 7 nitrogen and oxygen atoms in total. The third-order valence-corrected chi connectivity index (χ3v) is 4.50. The smallest absolute Gasteiger partial charge is 0.287 e. The van der Waals surface area contributed by atoms with Crippen LogP contribution in [0, 0.1) is 6.92 Å². The lowest BCUT2D eigenvalue weighted by atomic mass is 10.00. The minimum Gasteiger partial charge on any atom is -0.455 e. The predicted octanol–water partition coefficient (Wildman–Crippen LogP) is 0.106. The van der Waals surface area contributed by atoms with Gasteiger partial charge in [0.25, 0.3) is 5.91 Å². The number of nitrogens with one attached hydrogen (secondary N) is 2. The first-order chi connectivity index (χ1) is 9.29. The van der Waals surface area contributed by atoms with E-state index in [1.165, 1.54) is 13.0 Å². The van der Waals surface area contributed by atoms with Crippen molar-refractivity contribution < 1.29 is 17.6 Å². The zero-order chi connectivity index (χ0) is 14.9. The average Bonchev–Trinajstić information content (AvgIpc) is 2.74. The van der Waals surface area contributed by atoms with Crippen molar-refractivity contribution in [1.29, 1.82) is 0 Å². The summed E-state index contributed by atoms with van der Waals surface area (Å²) in [5.74, 6) is -0.347. The van der Waals surface area contributed by atoms with E-state index in [-0.39, 0.29) is 28.5 Å². The Hall–Kier alpha value is -1.38. The van der Waals surface area contributed by atoms with Crippen molar-refractivity contribution in [3.8, 4) is 0 Å². The van der Waals surface area contributed by atoms with E-state index < -0.39 is 15.9 Å². The van der Waals surface area contributed by atoms with Crippen molar-refractivity contribution in [2.75, 3.05) is 6.54 Å². The van der Waals surface area contributed by atoms with E-state index in [0.29, 0.717) is 0 Å². The second-order valence-electron chi connectivity index (χ2n) is 5.04. The Kier molecular flexibility index (Phi) is 4.17. The first-order valence-electron chi connectivity index (χ1n) is 6.46.